The van der Waals surface area contributed by atoms with Crippen LogP contribution in [0.15, 0.2) is 18.2 Å². The van der Waals surface area contributed by atoms with E-state index in [-0.39, 0.29) is 5.97 Å². The molecule has 1 aromatic rings. The highest BCUT2D eigenvalue weighted by molar-refractivity contribution is 5.73. The molecule has 0 saturated heterocycles. The molecule has 1 aromatic carbocycles. The van der Waals surface area contributed by atoms with Gasteiger partial charge in [0.15, 0.2) is 0 Å². The number of esters is 1. The molecule has 1 aliphatic rings. The molecule has 18 heavy (non-hydrogen) atoms. The van der Waals surface area contributed by atoms with Gasteiger partial charge in [-0.15, -0.1) is 0 Å². The standard InChI is InChI=1S/C16H22O2/c1-16(2,3)18-15(17)11-12-8-9-13-6-4-5-7-14(13)10-12/h8-10H,4-7,11H2,1-3H3. The van der Waals surface area contributed by atoms with E-state index < -0.39 is 5.60 Å². The first-order valence-electron chi connectivity index (χ1n) is 6.76. The Hall–Kier alpha value is -1.31. The highest BCUT2D eigenvalue weighted by Crippen LogP contribution is 2.22. The van der Waals surface area contributed by atoms with Crippen LogP contribution in [0.5, 0.6) is 0 Å². The molecule has 2 rings (SSSR count). The summed E-state index contributed by atoms with van der Waals surface area (Å²) in [6.45, 7) is 5.70. The van der Waals surface area contributed by atoms with E-state index in [1.807, 2.05) is 20.8 Å². The van der Waals surface area contributed by atoms with Crippen LogP contribution in [-0.4, -0.2) is 11.6 Å². The molecule has 1 aliphatic carbocycles. The lowest BCUT2D eigenvalue weighted by atomic mass is 9.90. The lowest BCUT2D eigenvalue weighted by Crippen LogP contribution is -2.25. The first-order chi connectivity index (χ1) is 8.44. The van der Waals surface area contributed by atoms with Crippen molar-refractivity contribution in [1.29, 1.82) is 0 Å². The van der Waals surface area contributed by atoms with Gasteiger partial charge >= 0.3 is 5.97 Å². The fourth-order valence-electron chi connectivity index (χ4n) is 2.44. The molecular formula is C16H22O2. The number of fused-ring (bicyclic) bond motifs is 1. The largest absolute Gasteiger partial charge is 0.460 e. The van der Waals surface area contributed by atoms with Crippen molar-refractivity contribution in [1.82, 2.24) is 0 Å². The van der Waals surface area contributed by atoms with Crippen LogP contribution in [0, 0.1) is 0 Å². The van der Waals surface area contributed by atoms with Crippen molar-refractivity contribution < 1.29 is 9.53 Å². The minimum Gasteiger partial charge on any atom is -0.460 e. The number of hydrogen-bond acceptors (Lipinski definition) is 2. The lowest BCUT2D eigenvalue weighted by molar-refractivity contribution is -0.153. The van der Waals surface area contributed by atoms with Gasteiger partial charge in [-0.1, -0.05) is 18.2 Å². The van der Waals surface area contributed by atoms with Gasteiger partial charge in [0.25, 0.3) is 0 Å². The average Bonchev–Trinajstić information content (AvgIpc) is 2.26. The highest BCUT2D eigenvalue weighted by atomic mass is 16.6. The third kappa shape index (κ3) is 3.59. The second kappa shape index (κ2) is 5.13. The van der Waals surface area contributed by atoms with E-state index in [0.29, 0.717) is 6.42 Å². The minimum atomic E-state index is -0.398. The Kier molecular flexibility index (Phi) is 3.74. The number of benzene rings is 1. The summed E-state index contributed by atoms with van der Waals surface area (Å²) in [4.78, 5) is 11.8. The van der Waals surface area contributed by atoms with Crippen LogP contribution < -0.4 is 0 Å². The van der Waals surface area contributed by atoms with Crippen LogP contribution in [0.4, 0.5) is 0 Å². The predicted octanol–water partition coefficient (Wildman–Crippen LogP) is 3.45. The molecule has 0 saturated carbocycles. The van der Waals surface area contributed by atoms with E-state index in [4.69, 9.17) is 4.74 Å². The Morgan fingerprint density at radius 2 is 1.83 bits per heavy atom. The summed E-state index contributed by atoms with van der Waals surface area (Å²) in [5, 5.41) is 0. The molecule has 0 atom stereocenters. The maximum Gasteiger partial charge on any atom is 0.310 e. The molecule has 0 fully saturated rings. The van der Waals surface area contributed by atoms with Crippen molar-refractivity contribution in [3.63, 3.8) is 0 Å². The van der Waals surface area contributed by atoms with Gasteiger partial charge in [0.1, 0.15) is 5.60 Å². The van der Waals surface area contributed by atoms with Gasteiger partial charge in [-0.2, -0.15) is 0 Å². The molecular weight excluding hydrogens is 224 g/mol. The van der Waals surface area contributed by atoms with Crippen LogP contribution in [0.2, 0.25) is 0 Å². The Balaban J connectivity index is 2.04. The van der Waals surface area contributed by atoms with E-state index >= 15 is 0 Å². The minimum absolute atomic E-state index is 0.141. The normalized spacial score (nSPS) is 15.1. The molecule has 2 nitrogen and oxygen atoms in total. The molecule has 2 heteroatoms. The number of carbonyl (C=O) groups excluding carboxylic acids is 1. The molecule has 0 aliphatic heterocycles. The van der Waals surface area contributed by atoms with Crippen molar-refractivity contribution in [2.24, 2.45) is 0 Å². The number of carbonyl (C=O) groups is 1. The van der Waals surface area contributed by atoms with E-state index in [2.05, 4.69) is 18.2 Å². The fourth-order valence-corrected chi connectivity index (χ4v) is 2.44. The summed E-state index contributed by atoms with van der Waals surface area (Å²) < 4.78 is 5.35. The SMILES string of the molecule is CC(C)(C)OC(=O)Cc1ccc2c(c1)CCCC2. The van der Waals surface area contributed by atoms with Gasteiger partial charge in [-0.3, -0.25) is 4.79 Å². The lowest BCUT2D eigenvalue weighted by Gasteiger charge is -2.20. The van der Waals surface area contributed by atoms with Gasteiger partial charge in [0, 0.05) is 0 Å². The molecule has 0 N–H and O–H groups in total. The van der Waals surface area contributed by atoms with Crippen LogP contribution in [0.1, 0.15) is 50.3 Å². The Morgan fingerprint density at radius 1 is 1.17 bits per heavy atom. The summed E-state index contributed by atoms with van der Waals surface area (Å²) in [5.41, 5.74) is 3.55. The number of ether oxygens (including phenoxy) is 1. The van der Waals surface area contributed by atoms with Crippen molar-refractivity contribution in [2.45, 2.75) is 58.5 Å². The van der Waals surface area contributed by atoms with Crippen LogP contribution >= 0.6 is 0 Å². The highest BCUT2D eigenvalue weighted by Gasteiger charge is 2.17. The van der Waals surface area contributed by atoms with Crippen molar-refractivity contribution in [3.8, 4) is 0 Å². The molecule has 0 heterocycles. The monoisotopic (exact) mass is 246 g/mol. The average molecular weight is 246 g/mol. The zero-order chi connectivity index (χ0) is 13.2. The number of rotatable bonds is 2. The van der Waals surface area contributed by atoms with E-state index in [1.165, 1.54) is 30.4 Å². The Labute approximate surface area is 109 Å². The summed E-state index contributed by atoms with van der Waals surface area (Å²) in [6, 6.07) is 6.42. The topological polar surface area (TPSA) is 26.3 Å². The summed E-state index contributed by atoms with van der Waals surface area (Å²) in [5.74, 6) is -0.141. The van der Waals surface area contributed by atoms with E-state index in [9.17, 15) is 4.79 Å². The van der Waals surface area contributed by atoms with Crippen LogP contribution in [0.25, 0.3) is 0 Å². The molecule has 0 amide bonds. The number of hydrogen-bond donors (Lipinski definition) is 0. The Bertz CT molecular complexity index is 441. The third-order valence-electron chi connectivity index (χ3n) is 3.18. The van der Waals surface area contributed by atoms with Gasteiger partial charge < -0.3 is 4.74 Å². The van der Waals surface area contributed by atoms with Gasteiger partial charge in [0.05, 0.1) is 6.42 Å². The quantitative estimate of drug-likeness (QED) is 0.747. The maximum absolute atomic E-state index is 11.8. The fraction of sp³-hybridized carbons (Fsp3) is 0.562. The predicted molar refractivity (Wildman–Crippen MR) is 72.6 cm³/mol. The third-order valence-corrected chi connectivity index (χ3v) is 3.18. The first kappa shape index (κ1) is 13.1. The van der Waals surface area contributed by atoms with Crippen molar-refractivity contribution >= 4 is 5.97 Å². The van der Waals surface area contributed by atoms with Gasteiger partial charge in [-0.05, 0) is 63.1 Å². The molecule has 0 aromatic heterocycles. The molecule has 0 bridgehead atoms. The summed E-state index contributed by atoms with van der Waals surface area (Å²) in [7, 11) is 0. The summed E-state index contributed by atoms with van der Waals surface area (Å²) >= 11 is 0. The number of aryl methyl sites for hydroxylation is 2. The smallest absolute Gasteiger partial charge is 0.310 e. The molecule has 98 valence electrons. The molecule has 0 radical (unpaired) electrons. The van der Waals surface area contributed by atoms with E-state index in [0.717, 1.165) is 12.0 Å². The zero-order valence-corrected chi connectivity index (χ0v) is 11.6. The van der Waals surface area contributed by atoms with Gasteiger partial charge in [0.2, 0.25) is 0 Å². The second-order valence-electron chi connectivity index (χ2n) is 6.07. The first-order valence-corrected chi connectivity index (χ1v) is 6.76. The molecule has 0 spiro atoms. The van der Waals surface area contributed by atoms with Crippen LogP contribution in [-0.2, 0) is 28.8 Å². The van der Waals surface area contributed by atoms with Crippen molar-refractivity contribution in [3.05, 3.63) is 34.9 Å². The summed E-state index contributed by atoms with van der Waals surface area (Å²) in [6.07, 6.45) is 5.27. The van der Waals surface area contributed by atoms with E-state index in [1.54, 1.807) is 0 Å². The van der Waals surface area contributed by atoms with Crippen molar-refractivity contribution in [2.75, 3.05) is 0 Å². The maximum atomic E-state index is 11.8. The molecule has 0 unspecified atom stereocenters. The van der Waals surface area contributed by atoms with Crippen LogP contribution in [0.3, 0.4) is 0 Å². The second-order valence-corrected chi connectivity index (χ2v) is 6.07. The van der Waals surface area contributed by atoms with Gasteiger partial charge in [-0.25, -0.2) is 0 Å². The Morgan fingerprint density at radius 3 is 2.50 bits per heavy atom. The zero-order valence-electron chi connectivity index (χ0n) is 11.6.